The lowest BCUT2D eigenvalue weighted by atomic mass is 10.3. The Labute approximate surface area is 135 Å². The van der Waals surface area contributed by atoms with Gasteiger partial charge in [-0.15, -0.1) is 5.10 Å². The maximum Gasteiger partial charge on any atom is 0.125 e. The van der Waals surface area contributed by atoms with E-state index in [1.165, 1.54) is 12.1 Å². The molecule has 2 aromatic rings. The second-order valence-electron chi connectivity index (χ2n) is 5.62. The first-order valence-corrected chi connectivity index (χ1v) is 7.99. The third-order valence-corrected chi connectivity index (χ3v) is 3.84. The van der Waals surface area contributed by atoms with Crippen LogP contribution >= 0.6 is 0 Å². The average molecular weight is 319 g/mol. The zero-order valence-electron chi connectivity index (χ0n) is 13.1. The van der Waals surface area contributed by atoms with Gasteiger partial charge in [0.2, 0.25) is 0 Å². The minimum absolute atomic E-state index is 0.279. The van der Waals surface area contributed by atoms with Gasteiger partial charge in [0.25, 0.3) is 0 Å². The minimum Gasteiger partial charge on any atom is -0.380 e. The standard InChI is InChI=1S/C16H22FN5O/c17-14-3-1-4-16(11-14)22-13-15(19-20-22)12-18-5-7-21-6-2-9-23-10-8-21/h1,3-4,11,13,18H,2,5-10,12H2. The van der Waals surface area contributed by atoms with Crippen LogP contribution in [-0.4, -0.2) is 59.3 Å². The Kier molecular flexibility index (Phi) is 5.68. The van der Waals surface area contributed by atoms with Crippen LogP contribution < -0.4 is 5.32 Å². The van der Waals surface area contributed by atoms with Crippen LogP contribution in [0.4, 0.5) is 4.39 Å². The van der Waals surface area contributed by atoms with Gasteiger partial charge >= 0.3 is 0 Å². The van der Waals surface area contributed by atoms with Crippen molar-refractivity contribution in [2.75, 3.05) is 39.4 Å². The van der Waals surface area contributed by atoms with Crippen molar-refractivity contribution in [3.05, 3.63) is 42.0 Å². The van der Waals surface area contributed by atoms with E-state index in [-0.39, 0.29) is 5.82 Å². The first-order valence-electron chi connectivity index (χ1n) is 7.99. The molecule has 7 heteroatoms. The summed E-state index contributed by atoms with van der Waals surface area (Å²) in [6.45, 7) is 6.33. The van der Waals surface area contributed by atoms with E-state index in [2.05, 4.69) is 20.5 Å². The lowest BCUT2D eigenvalue weighted by Crippen LogP contribution is -2.33. The monoisotopic (exact) mass is 319 g/mol. The van der Waals surface area contributed by atoms with Crippen molar-refractivity contribution in [1.29, 1.82) is 0 Å². The van der Waals surface area contributed by atoms with E-state index in [1.54, 1.807) is 16.8 Å². The molecule has 0 radical (unpaired) electrons. The van der Waals surface area contributed by atoms with Gasteiger partial charge in [0.15, 0.2) is 0 Å². The maximum atomic E-state index is 13.2. The van der Waals surface area contributed by atoms with Crippen LogP contribution in [0.2, 0.25) is 0 Å². The third-order valence-electron chi connectivity index (χ3n) is 3.84. The largest absolute Gasteiger partial charge is 0.380 e. The summed E-state index contributed by atoms with van der Waals surface area (Å²) in [5.41, 5.74) is 1.52. The van der Waals surface area contributed by atoms with Crippen molar-refractivity contribution in [2.24, 2.45) is 0 Å². The number of rotatable bonds is 6. The average Bonchev–Trinajstić information content (AvgIpc) is 2.87. The fourth-order valence-electron chi connectivity index (χ4n) is 2.60. The van der Waals surface area contributed by atoms with Gasteiger partial charge in [-0.05, 0) is 24.6 Å². The molecule has 3 rings (SSSR count). The van der Waals surface area contributed by atoms with E-state index in [0.717, 1.165) is 51.5 Å². The highest BCUT2D eigenvalue weighted by molar-refractivity contribution is 5.30. The van der Waals surface area contributed by atoms with Crippen molar-refractivity contribution in [3.63, 3.8) is 0 Å². The Bertz CT molecular complexity index is 610. The van der Waals surface area contributed by atoms with Gasteiger partial charge in [-0.1, -0.05) is 11.3 Å². The van der Waals surface area contributed by atoms with E-state index in [4.69, 9.17) is 4.74 Å². The van der Waals surface area contributed by atoms with Crippen LogP contribution in [0.1, 0.15) is 12.1 Å². The van der Waals surface area contributed by atoms with E-state index < -0.39 is 0 Å². The number of hydrogen-bond acceptors (Lipinski definition) is 5. The van der Waals surface area contributed by atoms with Crippen molar-refractivity contribution in [3.8, 4) is 5.69 Å². The van der Waals surface area contributed by atoms with Gasteiger partial charge in [-0.2, -0.15) is 0 Å². The van der Waals surface area contributed by atoms with Gasteiger partial charge in [0.1, 0.15) is 5.82 Å². The van der Waals surface area contributed by atoms with Gasteiger partial charge in [0, 0.05) is 39.3 Å². The number of ether oxygens (including phenoxy) is 1. The predicted octanol–water partition coefficient (Wildman–Crippen LogP) is 1.22. The van der Waals surface area contributed by atoms with E-state index in [0.29, 0.717) is 12.2 Å². The molecule has 0 bridgehead atoms. The van der Waals surface area contributed by atoms with Crippen molar-refractivity contribution < 1.29 is 9.13 Å². The fraction of sp³-hybridized carbons (Fsp3) is 0.500. The first-order chi connectivity index (χ1) is 11.3. The second-order valence-corrected chi connectivity index (χ2v) is 5.62. The van der Waals surface area contributed by atoms with Crippen LogP contribution in [0.15, 0.2) is 30.5 Å². The molecule has 0 aliphatic carbocycles. The number of nitrogens with one attached hydrogen (secondary N) is 1. The Morgan fingerprint density at radius 2 is 2.22 bits per heavy atom. The van der Waals surface area contributed by atoms with E-state index in [1.807, 2.05) is 6.20 Å². The van der Waals surface area contributed by atoms with Crippen molar-refractivity contribution >= 4 is 0 Å². The highest BCUT2D eigenvalue weighted by Gasteiger charge is 2.08. The summed E-state index contributed by atoms with van der Waals surface area (Å²) in [7, 11) is 0. The molecule has 0 amide bonds. The van der Waals surface area contributed by atoms with Crippen LogP contribution in [0.5, 0.6) is 0 Å². The summed E-state index contributed by atoms with van der Waals surface area (Å²) in [5, 5.41) is 11.5. The topological polar surface area (TPSA) is 55.2 Å². The van der Waals surface area contributed by atoms with Crippen LogP contribution in [0, 0.1) is 5.82 Å². The molecule has 6 nitrogen and oxygen atoms in total. The molecule has 1 aliphatic heterocycles. The molecular weight excluding hydrogens is 297 g/mol. The molecule has 1 aromatic carbocycles. The molecule has 124 valence electrons. The summed E-state index contributed by atoms with van der Waals surface area (Å²) in [6.07, 6.45) is 2.92. The summed E-state index contributed by atoms with van der Waals surface area (Å²) in [4.78, 5) is 2.41. The zero-order chi connectivity index (χ0) is 15.9. The van der Waals surface area contributed by atoms with Gasteiger partial charge in [0.05, 0.1) is 24.2 Å². The summed E-state index contributed by atoms with van der Waals surface area (Å²) in [5.74, 6) is -0.279. The Balaban J connectivity index is 1.44. The lowest BCUT2D eigenvalue weighted by molar-refractivity contribution is 0.141. The lowest BCUT2D eigenvalue weighted by Gasteiger charge is -2.18. The first kappa shape index (κ1) is 16.0. The molecular formula is C16H22FN5O. The molecule has 1 aromatic heterocycles. The molecule has 1 fully saturated rings. The molecule has 1 aliphatic rings. The Morgan fingerprint density at radius 1 is 1.26 bits per heavy atom. The molecule has 0 spiro atoms. The molecule has 0 unspecified atom stereocenters. The van der Waals surface area contributed by atoms with E-state index >= 15 is 0 Å². The normalized spacial score (nSPS) is 16.4. The molecule has 0 saturated carbocycles. The summed E-state index contributed by atoms with van der Waals surface area (Å²) >= 11 is 0. The third kappa shape index (κ3) is 4.82. The Hall–Kier alpha value is -1.83. The fourth-order valence-corrected chi connectivity index (χ4v) is 2.60. The highest BCUT2D eigenvalue weighted by Crippen LogP contribution is 2.08. The number of hydrogen-bond donors (Lipinski definition) is 1. The summed E-state index contributed by atoms with van der Waals surface area (Å²) in [6, 6.07) is 6.32. The van der Waals surface area contributed by atoms with Crippen molar-refractivity contribution in [1.82, 2.24) is 25.2 Å². The zero-order valence-corrected chi connectivity index (χ0v) is 13.1. The number of halogens is 1. The highest BCUT2D eigenvalue weighted by atomic mass is 19.1. The molecule has 23 heavy (non-hydrogen) atoms. The molecule has 2 heterocycles. The van der Waals surface area contributed by atoms with Gasteiger partial charge in [-0.25, -0.2) is 9.07 Å². The summed E-state index contributed by atoms with van der Waals surface area (Å²) < 4.78 is 20.3. The second kappa shape index (κ2) is 8.14. The van der Waals surface area contributed by atoms with Crippen LogP contribution in [-0.2, 0) is 11.3 Å². The molecule has 1 N–H and O–H groups in total. The van der Waals surface area contributed by atoms with Crippen LogP contribution in [0.3, 0.4) is 0 Å². The predicted molar refractivity (Wildman–Crippen MR) is 84.9 cm³/mol. The maximum absolute atomic E-state index is 13.2. The quantitative estimate of drug-likeness (QED) is 0.812. The number of aromatic nitrogens is 3. The van der Waals surface area contributed by atoms with Gasteiger partial charge < -0.3 is 10.1 Å². The van der Waals surface area contributed by atoms with E-state index in [9.17, 15) is 4.39 Å². The number of benzene rings is 1. The molecule has 0 atom stereocenters. The number of nitrogens with zero attached hydrogens (tertiary/aromatic N) is 4. The molecule has 1 saturated heterocycles. The smallest absolute Gasteiger partial charge is 0.125 e. The van der Waals surface area contributed by atoms with Crippen LogP contribution in [0.25, 0.3) is 5.69 Å². The van der Waals surface area contributed by atoms with Crippen molar-refractivity contribution in [2.45, 2.75) is 13.0 Å². The Morgan fingerprint density at radius 3 is 3.13 bits per heavy atom. The minimum atomic E-state index is -0.279. The van der Waals surface area contributed by atoms with Gasteiger partial charge in [-0.3, -0.25) is 4.90 Å². The SMILES string of the molecule is Fc1cccc(-n2cc(CNCCN3CCCOCC3)nn2)c1.